The van der Waals surface area contributed by atoms with E-state index in [1.807, 2.05) is 0 Å². The van der Waals surface area contributed by atoms with Crippen molar-refractivity contribution in [2.24, 2.45) is 0 Å². The Kier molecular flexibility index (Phi) is 6.92. The van der Waals surface area contributed by atoms with E-state index in [9.17, 15) is 18.8 Å². The van der Waals surface area contributed by atoms with Crippen LogP contribution in [0.3, 0.4) is 0 Å². The Bertz CT molecular complexity index is 1110. The first-order valence-corrected chi connectivity index (χ1v) is 9.93. The SMILES string of the molecule is Cc1onc(C(=O)O)c1C(=O)NCCc1csc(NC(=O)NCc2cccc(F)c2)n1. The number of halogens is 1. The molecule has 0 radical (unpaired) electrons. The lowest BCUT2D eigenvalue weighted by Crippen LogP contribution is -2.28. The molecule has 0 aliphatic rings. The number of nitrogens with one attached hydrogen (secondary N) is 3. The average Bonchev–Trinajstić information content (AvgIpc) is 3.32. The zero-order chi connectivity index (χ0) is 22.4. The fourth-order valence-corrected chi connectivity index (χ4v) is 3.37. The highest BCUT2D eigenvalue weighted by Crippen LogP contribution is 2.16. The van der Waals surface area contributed by atoms with Gasteiger partial charge in [-0.3, -0.25) is 10.1 Å². The molecule has 31 heavy (non-hydrogen) atoms. The first-order chi connectivity index (χ1) is 14.8. The van der Waals surface area contributed by atoms with Crippen LogP contribution in [0.5, 0.6) is 0 Å². The minimum absolute atomic E-state index is 0.110. The van der Waals surface area contributed by atoms with Crippen LogP contribution in [-0.2, 0) is 13.0 Å². The third-order valence-corrected chi connectivity index (χ3v) is 4.88. The number of rotatable bonds is 8. The van der Waals surface area contributed by atoms with E-state index in [-0.39, 0.29) is 30.2 Å². The van der Waals surface area contributed by atoms with E-state index in [0.717, 1.165) is 0 Å². The number of carbonyl (C=O) groups is 3. The predicted molar refractivity (Wildman–Crippen MR) is 109 cm³/mol. The second-order valence-electron chi connectivity index (χ2n) is 6.36. The Hall–Kier alpha value is -3.80. The van der Waals surface area contributed by atoms with Crippen molar-refractivity contribution in [1.82, 2.24) is 20.8 Å². The van der Waals surface area contributed by atoms with E-state index in [1.54, 1.807) is 17.5 Å². The van der Waals surface area contributed by atoms with Crippen LogP contribution in [0.15, 0.2) is 34.2 Å². The summed E-state index contributed by atoms with van der Waals surface area (Å²) >= 11 is 1.21. The topological polar surface area (TPSA) is 146 Å². The Labute approximate surface area is 179 Å². The Morgan fingerprint density at radius 1 is 1.26 bits per heavy atom. The van der Waals surface area contributed by atoms with Crippen LogP contribution in [0.25, 0.3) is 0 Å². The van der Waals surface area contributed by atoms with E-state index in [4.69, 9.17) is 9.63 Å². The molecule has 12 heteroatoms. The Morgan fingerprint density at radius 2 is 2.06 bits per heavy atom. The van der Waals surface area contributed by atoms with Gasteiger partial charge in [0.05, 0.1) is 5.69 Å². The zero-order valence-corrected chi connectivity index (χ0v) is 17.1. The number of nitrogens with zero attached hydrogens (tertiary/aromatic N) is 2. The Balaban J connectivity index is 1.46. The van der Waals surface area contributed by atoms with Crippen LogP contribution >= 0.6 is 11.3 Å². The number of carboxylic acid groups (broad SMARTS) is 1. The lowest BCUT2D eigenvalue weighted by molar-refractivity contribution is 0.0680. The standard InChI is InChI=1S/C19H18FN5O5S/c1-10-14(15(17(27)28)25-30-10)16(26)21-6-5-13-9-31-19(23-13)24-18(29)22-8-11-3-2-4-12(20)7-11/h2-4,7,9H,5-6,8H2,1H3,(H,21,26)(H,27,28)(H2,22,23,24,29). The van der Waals surface area contributed by atoms with Gasteiger partial charge < -0.3 is 20.3 Å². The first kappa shape index (κ1) is 21.9. The number of anilines is 1. The van der Waals surface area contributed by atoms with Gasteiger partial charge in [0.2, 0.25) is 5.69 Å². The largest absolute Gasteiger partial charge is 0.476 e. The molecular weight excluding hydrogens is 429 g/mol. The number of amides is 3. The molecule has 3 rings (SSSR count). The van der Waals surface area contributed by atoms with Gasteiger partial charge in [0.1, 0.15) is 17.1 Å². The monoisotopic (exact) mass is 447 g/mol. The maximum absolute atomic E-state index is 13.2. The van der Waals surface area contributed by atoms with Crippen LogP contribution < -0.4 is 16.0 Å². The summed E-state index contributed by atoms with van der Waals surface area (Å²) in [4.78, 5) is 39.5. The summed E-state index contributed by atoms with van der Waals surface area (Å²) < 4.78 is 17.9. The molecule has 0 aliphatic heterocycles. The number of urea groups is 1. The zero-order valence-electron chi connectivity index (χ0n) is 16.3. The molecule has 0 fully saturated rings. The number of carbonyl (C=O) groups excluding carboxylic acids is 2. The second-order valence-corrected chi connectivity index (χ2v) is 7.21. The highest BCUT2D eigenvalue weighted by Gasteiger charge is 2.24. The van der Waals surface area contributed by atoms with E-state index in [0.29, 0.717) is 22.8 Å². The molecule has 1 aromatic carbocycles. The summed E-state index contributed by atoms with van der Waals surface area (Å²) in [5.74, 6) is -2.23. The van der Waals surface area contributed by atoms with Crippen molar-refractivity contribution in [3.63, 3.8) is 0 Å². The highest BCUT2D eigenvalue weighted by molar-refractivity contribution is 7.13. The lowest BCUT2D eigenvalue weighted by atomic mass is 10.2. The van der Waals surface area contributed by atoms with Gasteiger partial charge in [-0.1, -0.05) is 17.3 Å². The number of carboxylic acids is 1. The molecule has 0 saturated carbocycles. The lowest BCUT2D eigenvalue weighted by Gasteiger charge is -2.05. The molecule has 10 nitrogen and oxygen atoms in total. The minimum Gasteiger partial charge on any atom is -0.476 e. The van der Waals surface area contributed by atoms with Gasteiger partial charge in [-0.05, 0) is 24.6 Å². The van der Waals surface area contributed by atoms with Gasteiger partial charge in [-0.2, -0.15) is 0 Å². The van der Waals surface area contributed by atoms with E-state index in [1.165, 1.54) is 30.4 Å². The normalized spacial score (nSPS) is 10.5. The molecule has 2 heterocycles. The maximum Gasteiger partial charge on any atom is 0.358 e. The molecule has 0 atom stereocenters. The van der Waals surface area contributed by atoms with Crippen molar-refractivity contribution in [2.45, 2.75) is 19.9 Å². The number of hydrogen-bond acceptors (Lipinski definition) is 7. The summed E-state index contributed by atoms with van der Waals surface area (Å²) in [6.45, 7) is 1.80. The number of benzene rings is 1. The van der Waals surface area contributed by atoms with Gasteiger partial charge >= 0.3 is 12.0 Å². The van der Waals surface area contributed by atoms with Gasteiger partial charge in [0, 0.05) is 24.9 Å². The summed E-state index contributed by atoms with van der Waals surface area (Å²) in [5.41, 5.74) is 0.688. The molecule has 0 bridgehead atoms. The molecule has 2 aromatic heterocycles. The van der Waals surface area contributed by atoms with Crippen molar-refractivity contribution >= 4 is 34.4 Å². The third-order valence-electron chi connectivity index (χ3n) is 4.07. The highest BCUT2D eigenvalue weighted by atomic mass is 32.1. The van der Waals surface area contributed by atoms with Gasteiger partial charge in [0.25, 0.3) is 5.91 Å². The van der Waals surface area contributed by atoms with Crippen LogP contribution in [-0.4, -0.2) is 39.7 Å². The van der Waals surface area contributed by atoms with Crippen LogP contribution in [0.4, 0.5) is 14.3 Å². The third kappa shape index (κ3) is 5.85. The summed E-state index contributed by atoms with van der Waals surface area (Å²) in [6, 6.07) is 5.42. The number of aromatic nitrogens is 2. The molecule has 0 aliphatic carbocycles. The molecule has 0 saturated heterocycles. The summed E-state index contributed by atoms with van der Waals surface area (Å²) in [5, 5.41) is 22.3. The van der Waals surface area contributed by atoms with Crippen molar-refractivity contribution in [2.75, 3.05) is 11.9 Å². The number of thiazole rings is 1. The van der Waals surface area contributed by atoms with E-state index in [2.05, 4.69) is 26.1 Å². The van der Waals surface area contributed by atoms with Gasteiger partial charge in [-0.25, -0.2) is 19.0 Å². The number of aromatic carboxylic acids is 1. The molecule has 0 unspecified atom stereocenters. The molecule has 3 amide bonds. The minimum atomic E-state index is -1.35. The summed E-state index contributed by atoms with van der Waals surface area (Å²) in [6.07, 6.45) is 0.363. The smallest absolute Gasteiger partial charge is 0.358 e. The molecule has 162 valence electrons. The first-order valence-electron chi connectivity index (χ1n) is 9.05. The van der Waals surface area contributed by atoms with E-state index < -0.39 is 23.6 Å². The molecule has 3 aromatic rings. The van der Waals surface area contributed by atoms with Crippen molar-refractivity contribution in [3.8, 4) is 0 Å². The second kappa shape index (κ2) is 9.80. The number of aryl methyl sites for hydroxylation is 1. The van der Waals surface area contributed by atoms with E-state index >= 15 is 0 Å². The van der Waals surface area contributed by atoms with Gasteiger partial charge in [-0.15, -0.1) is 11.3 Å². The van der Waals surface area contributed by atoms with Gasteiger partial charge in [0.15, 0.2) is 5.13 Å². The molecule has 4 N–H and O–H groups in total. The molecule has 0 spiro atoms. The number of hydrogen-bond donors (Lipinski definition) is 4. The van der Waals surface area contributed by atoms with Crippen LogP contribution in [0.2, 0.25) is 0 Å². The van der Waals surface area contributed by atoms with Crippen LogP contribution in [0.1, 0.15) is 37.9 Å². The maximum atomic E-state index is 13.2. The van der Waals surface area contributed by atoms with Crippen molar-refractivity contribution in [3.05, 3.63) is 63.7 Å². The quantitative estimate of drug-likeness (QED) is 0.415. The fraction of sp³-hybridized carbons (Fsp3) is 0.211. The van der Waals surface area contributed by atoms with Crippen molar-refractivity contribution in [1.29, 1.82) is 0 Å². The molecular formula is C19H18FN5O5S. The fourth-order valence-electron chi connectivity index (χ4n) is 2.63. The predicted octanol–water partition coefficient (Wildman–Crippen LogP) is 2.57. The summed E-state index contributed by atoms with van der Waals surface area (Å²) in [7, 11) is 0. The van der Waals surface area contributed by atoms with Crippen molar-refractivity contribution < 1.29 is 28.4 Å². The average molecular weight is 447 g/mol. The van der Waals surface area contributed by atoms with Crippen LogP contribution in [0, 0.1) is 12.7 Å². The Morgan fingerprint density at radius 3 is 2.81 bits per heavy atom.